The third-order valence-corrected chi connectivity index (χ3v) is 3.85. The van der Waals surface area contributed by atoms with Crippen LogP contribution in [0.4, 0.5) is 5.69 Å². The standard InChI is InChI=1S/C15H24N2/c1-2-14-6-4-3-5-11-17(14)15-9-7-13(12-16)8-10-15/h7-10,14H,2-6,11-12,16H2,1H3. The number of nitrogens with two attached hydrogens (primary N) is 1. The number of anilines is 1. The summed E-state index contributed by atoms with van der Waals surface area (Å²) in [5.41, 5.74) is 8.23. The van der Waals surface area contributed by atoms with Crippen molar-refractivity contribution in [3.8, 4) is 0 Å². The smallest absolute Gasteiger partial charge is 0.0368 e. The van der Waals surface area contributed by atoms with Crippen LogP contribution in [-0.2, 0) is 6.54 Å². The van der Waals surface area contributed by atoms with Crippen LogP contribution >= 0.6 is 0 Å². The molecular weight excluding hydrogens is 208 g/mol. The van der Waals surface area contributed by atoms with E-state index < -0.39 is 0 Å². The van der Waals surface area contributed by atoms with Gasteiger partial charge in [0.2, 0.25) is 0 Å². The van der Waals surface area contributed by atoms with Gasteiger partial charge < -0.3 is 10.6 Å². The molecule has 17 heavy (non-hydrogen) atoms. The summed E-state index contributed by atoms with van der Waals surface area (Å²) in [7, 11) is 0. The van der Waals surface area contributed by atoms with Gasteiger partial charge in [-0.15, -0.1) is 0 Å². The molecule has 1 atom stereocenters. The van der Waals surface area contributed by atoms with E-state index in [-0.39, 0.29) is 0 Å². The van der Waals surface area contributed by atoms with E-state index in [1.165, 1.54) is 49.9 Å². The van der Waals surface area contributed by atoms with Gasteiger partial charge in [0, 0.05) is 24.8 Å². The lowest BCUT2D eigenvalue weighted by Crippen LogP contribution is -2.34. The number of hydrogen-bond acceptors (Lipinski definition) is 2. The molecule has 2 rings (SSSR count). The van der Waals surface area contributed by atoms with Crippen molar-refractivity contribution in [3.05, 3.63) is 29.8 Å². The van der Waals surface area contributed by atoms with E-state index in [4.69, 9.17) is 5.73 Å². The van der Waals surface area contributed by atoms with E-state index in [9.17, 15) is 0 Å². The topological polar surface area (TPSA) is 29.3 Å². The summed E-state index contributed by atoms with van der Waals surface area (Å²) in [6.07, 6.45) is 6.69. The maximum absolute atomic E-state index is 5.64. The molecule has 0 aromatic heterocycles. The molecule has 1 saturated heterocycles. The second-order valence-electron chi connectivity index (χ2n) is 4.98. The predicted molar refractivity (Wildman–Crippen MR) is 74.2 cm³/mol. The first-order chi connectivity index (χ1) is 8.35. The Hall–Kier alpha value is -1.02. The summed E-state index contributed by atoms with van der Waals surface area (Å²) >= 11 is 0. The van der Waals surface area contributed by atoms with Crippen LogP contribution < -0.4 is 10.6 Å². The quantitative estimate of drug-likeness (QED) is 0.866. The van der Waals surface area contributed by atoms with Gasteiger partial charge in [0.15, 0.2) is 0 Å². The van der Waals surface area contributed by atoms with Crippen LogP contribution in [0.5, 0.6) is 0 Å². The zero-order chi connectivity index (χ0) is 12.1. The summed E-state index contributed by atoms with van der Waals surface area (Å²) in [6, 6.07) is 9.51. The molecule has 0 amide bonds. The van der Waals surface area contributed by atoms with Crippen LogP contribution in [0.25, 0.3) is 0 Å². The van der Waals surface area contributed by atoms with Crippen LogP contribution in [-0.4, -0.2) is 12.6 Å². The van der Waals surface area contributed by atoms with E-state index in [0.29, 0.717) is 6.54 Å². The second-order valence-corrected chi connectivity index (χ2v) is 4.98. The van der Waals surface area contributed by atoms with Gasteiger partial charge in [-0.1, -0.05) is 31.9 Å². The van der Waals surface area contributed by atoms with Gasteiger partial charge in [0.1, 0.15) is 0 Å². The van der Waals surface area contributed by atoms with E-state index in [1.54, 1.807) is 0 Å². The number of rotatable bonds is 3. The average Bonchev–Trinajstić information content (AvgIpc) is 2.64. The van der Waals surface area contributed by atoms with Crippen molar-refractivity contribution >= 4 is 5.69 Å². The molecule has 2 heteroatoms. The van der Waals surface area contributed by atoms with Gasteiger partial charge in [-0.2, -0.15) is 0 Å². The Morgan fingerprint density at radius 3 is 2.59 bits per heavy atom. The van der Waals surface area contributed by atoms with E-state index >= 15 is 0 Å². The van der Waals surface area contributed by atoms with Crippen LogP contribution in [0.3, 0.4) is 0 Å². The third-order valence-electron chi connectivity index (χ3n) is 3.85. The lowest BCUT2D eigenvalue weighted by atomic mass is 10.1. The molecule has 1 unspecified atom stereocenters. The Balaban J connectivity index is 2.16. The van der Waals surface area contributed by atoms with Crippen molar-refractivity contribution in [2.45, 2.75) is 51.6 Å². The fourth-order valence-corrected chi connectivity index (χ4v) is 2.77. The molecule has 0 saturated carbocycles. The normalized spacial score (nSPS) is 21.3. The fourth-order valence-electron chi connectivity index (χ4n) is 2.77. The maximum atomic E-state index is 5.64. The predicted octanol–water partition coefficient (Wildman–Crippen LogP) is 3.30. The average molecular weight is 232 g/mol. The molecular formula is C15H24N2. The monoisotopic (exact) mass is 232 g/mol. The lowest BCUT2D eigenvalue weighted by molar-refractivity contribution is 0.556. The summed E-state index contributed by atoms with van der Waals surface area (Å²) in [4.78, 5) is 2.59. The minimum Gasteiger partial charge on any atom is -0.369 e. The van der Waals surface area contributed by atoms with Crippen molar-refractivity contribution < 1.29 is 0 Å². The van der Waals surface area contributed by atoms with Crippen molar-refractivity contribution in [2.75, 3.05) is 11.4 Å². The van der Waals surface area contributed by atoms with Crippen molar-refractivity contribution in [2.24, 2.45) is 5.73 Å². The Morgan fingerprint density at radius 2 is 1.94 bits per heavy atom. The molecule has 2 nitrogen and oxygen atoms in total. The molecule has 1 aliphatic rings. The second kappa shape index (κ2) is 6.06. The van der Waals surface area contributed by atoms with Gasteiger partial charge in [0.25, 0.3) is 0 Å². The molecule has 1 aromatic rings. The van der Waals surface area contributed by atoms with Crippen molar-refractivity contribution in [1.29, 1.82) is 0 Å². The highest BCUT2D eigenvalue weighted by Gasteiger charge is 2.19. The summed E-state index contributed by atoms with van der Waals surface area (Å²) in [6.45, 7) is 4.15. The zero-order valence-corrected chi connectivity index (χ0v) is 10.9. The molecule has 1 aliphatic heterocycles. The van der Waals surface area contributed by atoms with Gasteiger partial charge in [0.05, 0.1) is 0 Å². The van der Waals surface area contributed by atoms with E-state index in [2.05, 4.69) is 36.1 Å². The minimum atomic E-state index is 0.636. The largest absolute Gasteiger partial charge is 0.369 e. The molecule has 0 bridgehead atoms. The molecule has 94 valence electrons. The fraction of sp³-hybridized carbons (Fsp3) is 0.600. The molecule has 0 aliphatic carbocycles. The SMILES string of the molecule is CCC1CCCCCN1c1ccc(CN)cc1. The first-order valence-corrected chi connectivity index (χ1v) is 6.90. The highest BCUT2D eigenvalue weighted by molar-refractivity contribution is 5.48. The highest BCUT2D eigenvalue weighted by atomic mass is 15.2. The molecule has 1 fully saturated rings. The Bertz CT molecular complexity index is 331. The van der Waals surface area contributed by atoms with Crippen LogP contribution in [0.15, 0.2) is 24.3 Å². The third kappa shape index (κ3) is 3.01. The molecule has 0 spiro atoms. The van der Waals surface area contributed by atoms with Crippen LogP contribution in [0.1, 0.15) is 44.6 Å². The summed E-state index contributed by atoms with van der Waals surface area (Å²) < 4.78 is 0. The van der Waals surface area contributed by atoms with Gasteiger partial charge in [-0.25, -0.2) is 0 Å². The number of nitrogens with zero attached hydrogens (tertiary/aromatic N) is 1. The molecule has 1 aromatic carbocycles. The molecule has 0 radical (unpaired) electrons. The van der Waals surface area contributed by atoms with Crippen LogP contribution in [0, 0.1) is 0 Å². The van der Waals surface area contributed by atoms with Crippen molar-refractivity contribution in [1.82, 2.24) is 0 Å². The minimum absolute atomic E-state index is 0.636. The molecule has 1 heterocycles. The summed E-state index contributed by atoms with van der Waals surface area (Å²) in [5, 5.41) is 0. The van der Waals surface area contributed by atoms with Crippen molar-refractivity contribution in [3.63, 3.8) is 0 Å². The van der Waals surface area contributed by atoms with Gasteiger partial charge in [-0.05, 0) is 37.0 Å². The first-order valence-electron chi connectivity index (χ1n) is 6.90. The van der Waals surface area contributed by atoms with Crippen LogP contribution in [0.2, 0.25) is 0 Å². The van der Waals surface area contributed by atoms with Gasteiger partial charge >= 0.3 is 0 Å². The first kappa shape index (κ1) is 12.4. The highest BCUT2D eigenvalue weighted by Crippen LogP contribution is 2.26. The molecule has 2 N–H and O–H groups in total. The number of benzene rings is 1. The maximum Gasteiger partial charge on any atom is 0.0368 e. The van der Waals surface area contributed by atoms with E-state index in [1.807, 2.05) is 0 Å². The Morgan fingerprint density at radius 1 is 1.18 bits per heavy atom. The lowest BCUT2D eigenvalue weighted by Gasteiger charge is -2.31. The van der Waals surface area contributed by atoms with E-state index in [0.717, 1.165) is 6.04 Å². The number of hydrogen-bond donors (Lipinski definition) is 1. The van der Waals surface area contributed by atoms with Gasteiger partial charge in [-0.3, -0.25) is 0 Å². The Labute approximate surface area is 105 Å². The Kier molecular flexibility index (Phi) is 4.43. The zero-order valence-electron chi connectivity index (χ0n) is 10.9. The summed E-state index contributed by atoms with van der Waals surface area (Å²) in [5.74, 6) is 0.